The zero-order chi connectivity index (χ0) is 10.4. The molecule has 0 heterocycles. The Labute approximate surface area is 97.8 Å². The second-order valence-electron chi connectivity index (χ2n) is 2.97. The van der Waals surface area contributed by atoms with Crippen molar-refractivity contribution in [3.05, 3.63) is 33.4 Å². The van der Waals surface area contributed by atoms with Crippen LogP contribution in [-0.4, -0.2) is 12.6 Å². The van der Waals surface area contributed by atoms with Gasteiger partial charge in [0.05, 0.1) is 12.2 Å². The highest BCUT2D eigenvalue weighted by atomic mass is 127. The minimum absolute atomic E-state index is 0.219. The number of ether oxygens (including phenoxy) is 1. The van der Waals surface area contributed by atoms with Gasteiger partial charge in [-0.3, -0.25) is 0 Å². The Hall–Kier alpha value is -0.580. The lowest BCUT2D eigenvalue weighted by molar-refractivity contribution is 0.0498. The highest BCUT2D eigenvalue weighted by molar-refractivity contribution is 14.1. The van der Waals surface area contributed by atoms with Gasteiger partial charge in [-0.05, 0) is 41.1 Å². The summed E-state index contributed by atoms with van der Waals surface area (Å²) in [6.07, 6.45) is 1.97. The van der Waals surface area contributed by atoms with E-state index in [0.29, 0.717) is 12.2 Å². The lowest BCUT2D eigenvalue weighted by Crippen LogP contribution is -2.07. The molecular formula is C11H13IO2. The van der Waals surface area contributed by atoms with Gasteiger partial charge in [0.2, 0.25) is 0 Å². The topological polar surface area (TPSA) is 26.3 Å². The maximum absolute atomic E-state index is 11.5. The second-order valence-corrected chi connectivity index (χ2v) is 4.13. The molecule has 0 radical (unpaired) electrons. The van der Waals surface area contributed by atoms with Crippen molar-refractivity contribution in [3.63, 3.8) is 0 Å². The summed E-state index contributed by atoms with van der Waals surface area (Å²) in [6.45, 7) is 2.58. The van der Waals surface area contributed by atoms with Gasteiger partial charge in [-0.1, -0.05) is 25.5 Å². The molecule has 0 aliphatic carbocycles. The van der Waals surface area contributed by atoms with Crippen molar-refractivity contribution in [2.24, 2.45) is 0 Å². The highest BCUT2D eigenvalue weighted by Gasteiger charge is 2.09. The van der Waals surface area contributed by atoms with Crippen LogP contribution in [0.2, 0.25) is 0 Å². The SMILES string of the molecule is CCCCOC(=O)c1ccccc1I. The molecule has 2 nitrogen and oxygen atoms in total. The molecule has 0 N–H and O–H groups in total. The zero-order valence-corrected chi connectivity index (χ0v) is 10.3. The van der Waals surface area contributed by atoms with E-state index < -0.39 is 0 Å². The number of benzene rings is 1. The summed E-state index contributed by atoms with van der Waals surface area (Å²) in [4.78, 5) is 11.5. The quantitative estimate of drug-likeness (QED) is 0.485. The normalized spacial score (nSPS) is 9.86. The first-order valence-corrected chi connectivity index (χ1v) is 5.75. The molecule has 1 rings (SSSR count). The summed E-state index contributed by atoms with van der Waals surface area (Å²) < 4.78 is 6.04. The summed E-state index contributed by atoms with van der Waals surface area (Å²) >= 11 is 2.14. The van der Waals surface area contributed by atoms with Gasteiger partial charge in [0.25, 0.3) is 0 Å². The molecule has 0 aliphatic rings. The van der Waals surface area contributed by atoms with E-state index in [9.17, 15) is 4.79 Å². The van der Waals surface area contributed by atoms with Gasteiger partial charge < -0.3 is 4.74 Å². The average Bonchev–Trinajstić information content (AvgIpc) is 2.18. The molecule has 0 aliphatic heterocycles. The maximum Gasteiger partial charge on any atom is 0.339 e. The predicted octanol–water partition coefficient (Wildman–Crippen LogP) is 3.25. The lowest BCUT2D eigenvalue weighted by Gasteiger charge is -2.04. The number of hydrogen-bond acceptors (Lipinski definition) is 2. The molecule has 1 aromatic rings. The van der Waals surface area contributed by atoms with E-state index in [1.165, 1.54) is 0 Å². The Balaban J connectivity index is 2.56. The average molecular weight is 304 g/mol. The third-order valence-electron chi connectivity index (χ3n) is 1.82. The fourth-order valence-electron chi connectivity index (χ4n) is 1.01. The lowest BCUT2D eigenvalue weighted by atomic mass is 10.2. The molecule has 0 saturated carbocycles. The van der Waals surface area contributed by atoms with Crippen LogP contribution in [0.15, 0.2) is 24.3 Å². The van der Waals surface area contributed by atoms with Gasteiger partial charge in [-0.15, -0.1) is 0 Å². The predicted molar refractivity (Wildman–Crippen MR) is 64.3 cm³/mol. The van der Waals surface area contributed by atoms with Crippen molar-refractivity contribution in [2.75, 3.05) is 6.61 Å². The maximum atomic E-state index is 11.5. The molecule has 76 valence electrons. The van der Waals surface area contributed by atoms with E-state index in [1.807, 2.05) is 18.2 Å². The van der Waals surface area contributed by atoms with E-state index in [0.717, 1.165) is 16.4 Å². The first kappa shape index (κ1) is 11.5. The molecule has 0 spiro atoms. The van der Waals surface area contributed by atoms with Crippen LogP contribution < -0.4 is 0 Å². The fourth-order valence-corrected chi connectivity index (χ4v) is 1.62. The smallest absolute Gasteiger partial charge is 0.339 e. The van der Waals surface area contributed by atoms with Gasteiger partial charge in [-0.2, -0.15) is 0 Å². The van der Waals surface area contributed by atoms with Crippen LogP contribution in [0.5, 0.6) is 0 Å². The second kappa shape index (κ2) is 6.01. The van der Waals surface area contributed by atoms with Crippen molar-refractivity contribution >= 4 is 28.6 Å². The van der Waals surface area contributed by atoms with E-state index in [1.54, 1.807) is 6.07 Å². The first-order valence-electron chi connectivity index (χ1n) is 4.67. The number of unbranched alkanes of at least 4 members (excludes halogenated alkanes) is 1. The Morgan fingerprint density at radius 2 is 2.14 bits per heavy atom. The summed E-state index contributed by atoms with van der Waals surface area (Å²) in [6, 6.07) is 7.44. The van der Waals surface area contributed by atoms with E-state index in [-0.39, 0.29) is 5.97 Å². The van der Waals surface area contributed by atoms with Crippen LogP contribution in [0.3, 0.4) is 0 Å². The number of rotatable bonds is 4. The standard InChI is InChI=1S/C11H13IO2/c1-2-3-8-14-11(13)9-6-4-5-7-10(9)12/h4-7H,2-3,8H2,1H3. The zero-order valence-electron chi connectivity index (χ0n) is 8.13. The molecule has 1 aromatic carbocycles. The number of carbonyl (C=O) groups is 1. The Kier molecular flexibility index (Phi) is 4.93. The van der Waals surface area contributed by atoms with Gasteiger partial charge in [0, 0.05) is 3.57 Å². The van der Waals surface area contributed by atoms with Crippen LogP contribution in [0.25, 0.3) is 0 Å². The van der Waals surface area contributed by atoms with Crippen LogP contribution in [0.1, 0.15) is 30.1 Å². The van der Waals surface area contributed by atoms with E-state index in [4.69, 9.17) is 4.74 Å². The van der Waals surface area contributed by atoms with Crippen LogP contribution in [0, 0.1) is 3.57 Å². The Bertz CT molecular complexity index is 310. The number of esters is 1. The molecule has 0 bridgehead atoms. The van der Waals surface area contributed by atoms with Gasteiger partial charge in [0.15, 0.2) is 0 Å². The molecule has 0 unspecified atom stereocenters. The van der Waals surface area contributed by atoms with Crippen LogP contribution in [-0.2, 0) is 4.74 Å². The third-order valence-corrected chi connectivity index (χ3v) is 2.77. The largest absolute Gasteiger partial charge is 0.462 e. The number of halogens is 1. The summed E-state index contributed by atoms with van der Waals surface area (Å²) in [5, 5.41) is 0. The van der Waals surface area contributed by atoms with E-state index >= 15 is 0 Å². The highest BCUT2D eigenvalue weighted by Crippen LogP contribution is 2.12. The minimum atomic E-state index is -0.219. The third kappa shape index (κ3) is 3.29. The summed E-state index contributed by atoms with van der Waals surface area (Å²) in [5.41, 5.74) is 0.657. The van der Waals surface area contributed by atoms with E-state index in [2.05, 4.69) is 29.5 Å². The van der Waals surface area contributed by atoms with Gasteiger partial charge in [-0.25, -0.2) is 4.79 Å². The van der Waals surface area contributed by atoms with Gasteiger partial charge >= 0.3 is 5.97 Å². The van der Waals surface area contributed by atoms with Crippen molar-refractivity contribution in [3.8, 4) is 0 Å². The minimum Gasteiger partial charge on any atom is -0.462 e. The van der Waals surface area contributed by atoms with Gasteiger partial charge in [0.1, 0.15) is 0 Å². The van der Waals surface area contributed by atoms with Crippen molar-refractivity contribution in [1.29, 1.82) is 0 Å². The Morgan fingerprint density at radius 1 is 1.43 bits per heavy atom. The summed E-state index contributed by atoms with van der Waals surface area (Å²) in [7, 11) is 0. The summed E-state index contributed by atoms with van der Waals surface area (Å²) in [5.74, 6) is -0.219. The van der Waals surface area contributed by atoms with Crippen molar-refractivity contribution < 1.29 is 9.53 Å². The van der Waals surface area contributed by atoms with Crippen molar-refractivity contribution in [2.45, 2.75) is 19.8 Å². The molecule has 14 heavy (non-hydrogen) atoms. The molecule has 0 saturated heterocycles. The molecule has 0 amide bonds. The number of hydrogen-bond donors (Lipinski definition) is 0. The van der Waals surface area contributed by atoms with Crippen LogP contribution in [0.4, 0.5) is 0 Å². The number of carbonyl (C=O) groups excluding carboxylic acids is 1. The monoisotopic (exact) mass is 304 g/mol. The molecular weight excluding hydrogens is 291 g/mol. The molecule has 0 aromatic heterocycles. The molecule has 3 heteroatoms. The van der Waals surface area contributed by atoms with Crippen LogP contribution >= 0.6 is 22.6 Å². The Morgan fingerprint density at radius 3 is 2.79 bits per heavy atom. The molecule has 0 atom stereocenters. The van der Waals surface area contributed by atoms with Crippen molar-refractivity contribution in [1.82, 2.24) is 0 Å². The fraction of sp³-hybridized carbons (Fsp3) is 0.364. The first-order chi connectivity index (χ1) is 6.75. The molecule has 0 fully saturated rings.